The number of anilines is 2. The third-order valence-electron chi connectivity index (χ3n) is 8.87. The van der Waals surface area contributed by atoms with Gasteiger partial charge < -0.3 is 24.5 Å². The Balaban J connectivity index is 1.29. The molecule has 2 fully saturated rings. The lowest BCUT2D eigenvalue weighted by Crippen LogP contribution is -2.49. The van der Waals surface area contributed by atoms with E-state index in [1.54, 1.807) is 16.8 Å². The van der Waals surface area contributed by atoms with Gasteiger partial charge in [-0.05, 0) is 44.5 Å². The summed E-state index contributed by atoms with van der Waals surface area (Å²) >= 11 is 0. The van der Waals surface area contributed by atoms with Gasteiger partial charge in [-0.25, -0.2) is 8.78 Å². The molecule has 1 amide bonds. The molecule has 11 nitrogen and oxygen atoms in total. The molecule has 230 valence electrons. The van der Waals surface area contributed by atoms with Crippen molar-refractivity contribution in [2.75, 3.05) is 69.3 Å². The highest BCUT2D eigenvalue weighted by atomic mass is 19.3. The minimum atomic E-state index is -2.74. The first-order chi connectivity index (χ1) is 20.6. The normalized spacial score (nSPS) is 20.8. The van der Waals surface area contributed by atoms with Crippen molar-refractivity contribution in [3.8, 4) is 6.01 Å². The Morgan fingerprint density at radius 3 is 2.70 bits per heavy atom. The van der Waals surface area contributed by atoms with E-state index in [0.717, 1.165) is 40.2 Å². The summed E-state index contributed by atoms with van der Waals surface area (Å²) in [7, 11) is 1.68. The molecule has 2 N–H and O–H groups in total. The Morgan fingerprint density at radius 1 is 1.19 bits per heavy atom. The fourth-order valence-corrected chi connectivity index (χ4v) is 6.43. The number of aryl methyl sites for hydroxylation is 1. The number of piperazine rings is 1. The van der Waals surface area contributed by atoms with Gasteiger partial charge >= 0.3 is 6.01 Å². The standard InChI is InChI=1S/C30H38F2N8O3/c1-19-13-24-23(15-33-36-24)27(20(19)2)40-7-6-22-25(16-40)34-29(43-17-21-14-30(31,32)18-37(21)3)35-28(22)39-10-8-38(9-11-39)26(42)5-4-12-41/h4-5,13,15,21,41H,6-12,14,16-18H2,1-3H3,(H,33,36)/t21-/m1/s1. The molecular weight excluding hydrogens is 558 g/mol. The number of carbonyl (C=O) groups excluding carboxylic acids is 1. The van der Waals surface area contributed by atoms with Gasteiger partial charge in [-0.15, -0.1) is 0 Å². The summed E-state index contributed by atoms with van der Waals surface area (Å²) in [6.45, 7) is 7.30. The third-order valence-corrected chi connectivity index (χ3v) is 8.87. The van der Waals surface area contributed by atoms with Crippen LogP contribution >= 0.6 is 0 Å². The molecule has 1 atom stereocenters. The van der Waals surface area contributed by atoms with Gasteiger partial charge in [0.15, 0.2) is 0 Å². The Bertz CT molecular complexity index is 1540. The first-order valence-corrected chi connectivity index (χ1v) is 14.7. The number of fused-ring (bicyclic) bond motifs is 2. The molecule has 13 heteroatoms. The Hall–Kier alpha value is -3.84. The topological polar surface area (TPSA) is 114 Å². The zero-order valence-electron chi connectivity index (χ0n) is 24.8. The zero-order chi connectivity index (χ0) is 30.3. The highest BCUT2D eigenvalue weighted by Crippen LogP contribution is 2.37. The van der Waals surface area contributed by atoms with Crippen molar-refractivity contribution in [3.05, 3.63) is 46.8 Å². The second-order valence-corrected chi connectivity index (χ2v) is 11.8. The van der Waals surface area contributed by atoms with Crippen molar-refractivity contribution in [1.82, 2.24) is 30.0 Å². The summed E-state index contributed by atoms with van der Waals surface area (Å²) in [5, 5.41) is 17.4. The lowest BCUT2D eigenvalue weighted by Gasteiger charge is -2.38. The van der Waals surface area contributed by atoms with Crippen LogP contribution in [0.15, 0.2) is 24.4 Å². The number of nitrogens with zero attached hydrogens (tertiary/aromatic N) is 7. The number of aromatic amines is 1. The van der Waals surface area contributed by atoms with Crippen LogP contribution in [0.3, 0.4) is 0 Å². The van der Waals surface area contributed by atoms with Gasteiger partial charge in [-0.3, -0.25) is 14.8 Å². The molecule has 0 radical (unpaired) electrons. The second kappa shape index (κ2) is 11.7. The van der Waals surface area contributed by atoms with E-state index in [0.29, 0.717) is 39.1 Å². The van der Waals surface area contributed by atoms with Crippen LogP contribution in [0.5, 0.6) is 6.01 Å². The van der Waals surface area contributed by atoms with Crippen molar-refractivity contribution < 1.29 is 23.4 Å². The molecule has 0 bridgehead atoms. The van der Waals surface area contributed by atoms with Crippen LogP contribution in [-0.4, -0.2) is 112 Å². The average Bonchev–Trinajstić information content (AvgIpc) is 3.56. The molecule has 3 aliphatic heterocycles. The molecular formula is C30H38F2N8O3. The monoisotopic (exact) mass is 596 g/mol. The maximum Gasteiger partial charge on any atom is 0.318 e. The number of alkyl halides is 2. The minimum absolute atomic E-state index is 0.0696. The second-order valence-electron chi connectivity index (χ2n) is 11.8. The lowest BCUT2D eigenvalue weighted by atomic mass is 9.99. The highest BCUT2D eigenvalue weighted by Gasteiger charge is 2.43. The van der Waals surface area contributed by atoms with Crippen molar-refractivity contribution in [2.45, 2.75) is 45.2 Å². The number of rotatable bonds is 7. The van der Waals surface area contributed by atoms with E-state index in [9.17, 15) is 13.6 Å². The largest absolute Gasteiger partial charge is 0.462 e. The number of benzene rings is 1. The average molecular weight is 597 g/mol. The number of H-pyrrole nitrogens is 1. The first kappa shape index (κ1) is 29.2. The van der Waals surface area contributed by atoms with Gasteiger partial charge in [0, 0.05) is 62.2 Å². The predicted octanol–water partition coefficient (Wildman–Crippen LogP) is 2.45. The third kappa shape index (κ3) is 5.87. The number of carbonyl (C=O) groups is 1. The molecule has 5 heterocycles. The SMILES string of the molecule is Cc1cc2[nH]ncc2c(N2CCc3c(nc(OC[C@H]4CC(F)(F)CN4C)nc3N3CCN(C(=O)C=CCO)CC3)C2)c1C. The summed E-state index contributed by atoms with van der Waals surface area (Å²) in [6.07, 6.45) is 5.15. The predicted molar refractivity (Wildman–Crippen MR) is 159 cm³/mol. The van der Waals surface area contributed by atoms with Gasteiger partial charge in [-0.2, -0.15) is 15.1 Å². The molecule has 1 aromatic carbocycles. The molecule has 3 aliphatic rings. The lowest BCUT2D eigenvalue weighted by molar-refractivity contribution is -0.126. The van der Waals surface area contributed by atoms with Crippen LogP contribution in [0.2, 0.25) is 0 Å². The first-order valence-electron chi connectivity index (χ1n) is 14.7. The zero-order valence-corrected chi connectivity index (χ0v) is 24.8. The summed E-state index contributed by atoms with van der Waals surface area (Å²) in [6, 6.07) is 1.86. The molecule has 3 aromatic rings. The van der Waals surface area contributed by atoms with Crippen molar-refractivity contribution >= 4 is 28.3 Å². The van der Waals surface area contributed by atoms with Crippen LogP contribution in [0, 0.1) is 13.8 Å². The molecule has 0 spiro atoms. The maximum atomic E-state index is 14.0. The summed E-state index contributed by atoms with van der Waals surface area (Å²) in [5.41, 5.74) is 6.35. The van der Waals surface area contributed by atoms with Crippen LogP contribution < -0.4 is 14.5 Å². The van der Waals surface area contributed by atoms with E-state index in [-0.39, 0.29) is 38.1 Å². The van der Waals surface area contributed by atoms with E-state index in [4.69, 9.17) is 19.8 Å². The maximum absolute atomic E-state index is 14.0. The summed E-state index contributed by atoms with van der Waals surface area (Å²) in [4.78, 5) is 30.0. The van der Waals surface area contributed by atoms with Crippen molar-refractivity contribution in [3.63, 3.8) is 0 Å². The molecule has 0 unspecified atom stereocenters. The number of halogens is 2. The molecule has 0 aliphatic carbocycles. The fraction of sp³-hybridized carbons (Fsp3) is 0.533. The molecule has 0 saturated carbocycles. The number of ether oxygens (including phenoxy) is 1. The van der Waals surface area contributed by atoms with E-state index in [2.05, 4.69) is 39.9 Å². The van der Waals surface area contributed by atoms with Gasteiger partial charge in [0.25, 0.3) is 5.92 Å². The van der Waals surface area contributed by atoms with Crippen LogP contribution in [0.1, 0.15) is 28.8 Å². The quantitative estimate of drug-likeness (QED) is 0.397. The molecule has 2 aromatic heterocycles. The Kier molecular flexibility index (Phi) is 7.94. The number of hydrogen-bond acceptors (Lipinski definition) is 9. The minimum Gasteiger partial charge on any atom is -0.462 e. The summed E-state index contributed by atoms with van der Waals surface area (Å²) in [5.74, 6) is -2.09. The van der Waals surface area contributed by atoms with E-state index in [1.807, 2.05) is 6.20 Å². The molecule has 2 saturated heterocycles. The number of amides is 1. The number of aromatic nitrogens is 4. The van der Waals surface area contributed by atoms with Crippen LogP contribution in [0.25, 0.3) is 10.9 Å². The molecule has 43 heavy (non-hydrogen) atoms. The van der Waals surface area contributed by atoms with Gasteiger partial charge in [0.1, 0.15) is 12.4 Å². The molecule has 6 rings (SSSR count). The number of hydrogen-bond donors (Lipinski definition) is 2. The van der Waals surface area contributed by atoms with E-state index >= 15 is 0 Å². The van der Waals surface area contributed by atoms with Gasteiger partial charge in [0.2, 0.25) is 5.91 Å². The number of aliphatic hydroxyl groups excluding tert-OH is 1. The fourth-order valence-electron chi connectivity index (χ4n) is 6.43. The highest BCUT2D eigenvalue weighted by molar-refractivity contribution is 5.94. The smallest absolute Gasteiger partial charge is 0.318 e. The summed E-state index contributed by atoms with van der Waals surface area (Å²) < 4.78 is 34.1. The number of likely N-dealkylation sites (N-methyl/N-ethyl adjacent to an activating group) is 1. The van der Waals surface area contributed by atoms with E-state index in [1.165, 1.54) is 23.3 Å². The van der Waals surface area contributed by atoms with Gasteiger partial charge in [-0.1, -0.05) is 6.08 Å². The van der Waals surface area contributed by atoms with Crippen molar-refractivity contribution in [1.29, 1.82) is 0 Å². The van der Waals surface area contributed by atoms with Crippen LogP contribution in [0.4, 0.5) is 20.3 Å². The van der Waals surface area contributed by atoms with E-state index < -0.39 is 12.0 Å². The van der Waals surface area contributed by atoms with Crippen molar-refractivity contribution in [2.24, 2.45) is 0 Å². The Morgan fingerprint density at radius 2 is 1.98 bits per heavy atom. The number of likely N-dealkylation sites (tertiary alicyclic amines) is 1. The Labute approximate surface area is 249 Å². The van der Waals surface area contributed by atoms with Crippen LogP contribution in [-0.2, 0) is 17.8 Å². The van der Waals surface area contributed by atoms with Gasteiger partial charge in [0.05, 0.1) is 42.8 Å². The number of aliphatic hydroxyl groups is 1. The number of nitrogens with one attached hydrogen (secondary N) is 1.